The van der Waals surface area contributed by atoms with Crippen LogP contribution in [0, 0.1) is 12.8 Å². The van der Waals surface area contributed by atoms with E-state index in [-0.39, 0.29) is 11.8 Å². The molecule has 0 radical (unpaired) electrons. The smallest absolute Gasteiger partial charge is 0.227 e. The van der Waals surface area contributed by atoms with E-state index >= 15 is 0 Å². The zero-order valence-electron chi connectivity index (χ0n) is 20.1. The van der Waals surface area contributed by atoms with Crippen LogP contribution in [0.3, 0.4) is 0 Å². The number of H-pyrrole nitrogens is 2. The van der Waals surface area contributed by atoms with Crippen LogP contribution in [0.25, 0.3) is 50.3 Å². The number of nitrogens with zero attached hydrogens (tertiary/aromatic N) is 6. The molecule has 1 aliphatic carbocycles. The van der Waals surface area contributed by atoms with Gasteiger partial charge in [0.1, 0.15) is 11.3 Å². The molecule has 10 heteroatoms. The van der Waals surface area contributed by atoms with Gasteiger partial charge in [0.05, 0.1) is 52.7 Å². The highest BCUT2D eigenvalue weighted by atomic mass is 16.1. The van der Waals surface area contributed by atoms with Crippen molar-refractivity contribution in [3.8, 4) is 28.3 Å². The van der Waals surface area contributed by atoms with Crippen molar-refractivity contribution < 1.29 is 4.79 Å². The molecular formula is C27H23N9O. The Morgan fingerprint density at radius 1 is 1.08 bits per heavy atom. The summed E-state index contributed by atoms with van der Waals surface area (Å²) in [6, 6.07) is 7.92. The Hall–Kier alpha value is -4.86. The number of amides is 1. The lowest BCUT2D eigenvalue weighted by Crippen LogP contribution is -2.28. The molecule has 1 aliphatic rings. The summed E-state index contributed by atoms with van der Waals surface area (Å²) in [5, 5.41) is 12.5. The minimum absolute atomic E-state index is 0.0587. The van der Waals surface area contributed by atoms with Gasteiger partial charge in [-0.15, -0.1) is 0 Å². The molecule has 0 unspecified atom stereocenters. The predicted octanol–water partition coefficient (Wildman–Crippen LogP) is 4.80. The summed E-state index contributed by atoms with van der Waals surface area (Å²) in [4.78, 5) is 33.6. The Balaban J connectivity index is 1.26. The maximum absolute atomic E-state index is 12.4. The summed E-state index contributed by atoms with van der Waals surface area (Å²) in [6.07, 6.45) is 13.8. The number of nitrogens with one attached hydrogen (secondary N) is 3. The van der Waals surface area contributed by atoms with Crippen molar-refractivity contribution in [1.82, 2.24) is 39.7 Å². The van der Waals surface area contributed by atoms with Crippen LogP contribution in [0.2, 0.25) is 0 Å². The van der Waals surface area contributed by atoms with Crippen molar-refractivity contribution in [2.75, 3.05) is 5.32 Å². The second-order valence-corrected chi connectivity index (χ2v) is 9.46. The number of carbonyl (C=O) groups excluding carboxylic acids is 1. The first-order valence-electron chi connectivity index (χ1n) is 12.2. The molecule has 1 fully saturated rings. The molecule has 6 heterocycles. The van der Waals surface area contributed by atoms with Gasteiger partial charge in [-0.1, -0.05) is 6.42 Å². The number of fused-ring (bicyclic) bond motifs is 2. The highest BCUT2D eigenvalue weighted by Gasteiger charge is 2.25. The number of imidazole rings is 1. The van der Waals surface area contributed by atoms with E-state index in [9.17, 15) is 4.79 Å². The zero-order chi connectivity index (χ0) is 24.9. The van der Waals surface area contributed by atoms with Crippen LogP contribution in [-0.2, 0) is 4.79 Å². The van der Waals surface area contributed by atoms with Crippen LogP contribution in [-0.4, -0.2) is 45.6 Å². The number of anilines is 1. The maximum atomic E-state index is 12.4. The average molecular weight is 490 g/mol. The molecule has 6 aromatic rings. The van der Waals surface area contributed by atoms with Crippen molar-refractivity contribution in [2.45, 2.75) is 26.2 Å². The van der Waals surface area contributed by atoms with E-state index in [0.717, 1.165) is 75.2 Å². The lowest BCUT2D eigenvalue weighted by Gasteiger charge is -2.24. The number of hydrogen-bond donors (Lipinski definition) is 3. The number of aryl methyl sites for hydroxylation is 1. The third-order valence-electron chi connectivity index (χ3n) is 6.98. The van der Waals surface area contributed by atoms with Gasteiger partial charge >= 0.3 is 0 Å². The summed E-state index contributed by atoms with van der Waals surface area (Å²) in [5.74, 6) is 0.166. The van der Waals surface area contributed by atoms with Gasteiger partial charge in [-0.05, 0) is 44.0 Å². The van der Waals surface area contributed by atoms with Gasteiger partial charge in [-0.3, -0.25) is 19.9 Å². The minimum atomic E-state index is 0.0587. The standard InChI is InChI=1S/C27H23N9O/c1-15-13-36(14-31-15)24-5-6-29-26-20(24)9-22(33-26)25-19-8-21(30-12-23(19)34-35-25)17-7-18(11-28-10-17)32-27(37)16-3-2-4-16/h5-14,16H,2-4H2,1H3,(H,29,33)(H,32,37)(H,34,35). The molecule has 0 aromatic carbocycles. The van der Waals surface area contributed by atoms with Gasteiger partial charge in [0.2, 0.25) is 5.91 Å². The number of hydrogen-bond acceptors (Lipinski definition) is 6. The van der Waals surface area contributed by atoms with E-state index in [0.29, 0.717) is 5.69 Å². The summed E-state index contributed by atoms with van der Waals surface area (Å²) >= 11 is 0. The molecule has 37 heavy (non-hydrogen) atoms. The fourth-order valence-electron chi connectivity index (χ4n) is 4.76. The van der Waals surface area contributed by atoms with Crippen LogP contribution in [0.4, 0.5) is 5.69 Å². The quantitative estimate of drug-likeness (QED) is 0.319. The molecule has 3 N–H and O–H groups in total. The molecule has 0 saturated heterocycles. The molecule has 0 spiro atoms. The molecule has 0 atom stereocenters. The van der Waals surface area contributed by atoms with E-state index in [4.69, 9.17) is 0 Å². The van der Waals surface area contributed by atoms with Crippen LogP contribution in [0.5, 0.6) is 0 Å². The van der Waals surface area contributed by atoms with E-state index in [2.05, 4.69) is 46.5 Å². The van der Waals surface area contributed by atoms with Gasteiger partial charge in [-0.25, -0.2) is 9.97 Å². The third kappa shape index (κ3) is 3.74. The summed E-state index contributed by atoms with van der Waals surface area (Å²) in [7, 11) is 0. The van der Waals surface area contributed by atoms with Crippen LogP contribution >= 0.6 is 0 Å². The monoisotopic (exact) mass is 489 g/mol. The lowest BCUT2D eigenvalue weighted by molar-refractivity contribution is -0.122. The number of carbonyl (C=O) groups is 1. The van der Waals surface area contributed by atoms with Gasteiger partial charge in [0.25, 0.3) is 0 Å². The highest BCUT2D eigenvalue weighted by Crippen LogP contribution is 2.33. The van der Waals surface area contributed by atoms with E-state index < -0.39 is 0 Å². The fraction of sp³-hybridized carbons (Fsp3) is 0.185. The molecule has 10 nitrogen and oxygen atoms in total. The Morgan fingerprint density at radius 3 is 2.81 bits per heavy atom. The van der Waals surface area contributed by atoms with E-state index in [1.165, 1.54) is 0 Å². The maximum Gasteiger partial charge on any atom is 0.227 e. The molecule has 0 bridgehead atoms. The summed E-state index contributed by atoms with van der Waals surface area (Å²) in [5.41, 5.74) is 7.36. The molecule has 6 aromatic heterocycles. The Bertz CT molecular complexity index is 1790. The number of rotatable bonds is 5. The number of aromatic nitrogens is 8. The Labute approximate surface area is 211 Å². The Morgan fingerprint density at radius 2 is 2.00 bits per heavy atom. The molecular weight excluding hydrogens is 466 g/mol. The van der Waals surface area contributed by atoms with E-state index in [1.807, 2.05) is 35.9 Å². The van der Waals surface area contributed by atoms with Crippen molar-refractivity contribution in [3.05, 3.63) is 67.3 Å². The first-order valence-corrected chi connectivity index (χ1v) is 12.2. The van der Waals surface area contributed by atoms with Crippen molar-refractivity contribution >= 4 is 33.5 Å². The minimum Gasteiger partial charge on any atom is -0.338 e. The van der Waals surface area contributed by atoms with Crippen molar-refractivity contribution in [3.63, 3.8) is 0 Å². The molecule has 1 amide bonds. The normalized spacial score (nSPS) is 13.8. The van der Waals surface area contributed by atoms with Crippen LogP contribution in [0.15, 0.2) is 61.6 Å². The van der Waals surface area contributed by atoms with Crippen LogP contribution in [0.1, 0.15) is 25.0 Å². The van der Waals surface area contributed by atoms with Crippen molar-refractivity contribution in [2.24, 2.45) is 5.92 Å². The average Bonchev–Trinajstić information content (AvgIpc) is 3.60. The first-order chi connectivity index (χ1) is 18.1. The Kier molecular flexibility index (Phi) is 4.85. The highest BCUT2D eigenvalue weighted by molar-refractivity contribution is 5.98. The van der Waals surface area contributed by atoms with E-state index in [1.54, 1.807) is 31.1 Å². The third-order valence-corrected chi connectivity index (χ3v) is 6.98. The second kappa shape index (κ2) is 8.37. The molecule has 182 valence electrons. The van der Waals surface area contributed by atoms with Gasteiger partial charge < -0.3 is 14.9 Å². The van der Waals surface area contributed by atoms with Gasteiger partial charge in [-0.2, -0.15) is 5.10 Å². The molecule has 0 aliphatic heterocycles. The van der Waals surface area contributed by atoms with Gasteiger partial charge in [0, 0.05) is 40.8 Å². The number of aromatic amines is 2. The van der Waals surface area contributed by atoms with Gasteiger partial charge in [0.15, 0.2) is 0 Å². The summed E-state index contributed by atoms with van der Waals surface area (Å²) < 4.78 is 1.99. The topological polar surface area (TPSA) is 130 Å². The SMILES string of the molecule is Cc1cn(-c2ccnc3[nH]c(-c4n[nH]c5cnc(-c6cncc(NC(=O)C7CCC7)c6)cc45)cc23)cn1. The number of pyridine rings is 3. The second-order valence-electron chi connectivity index (χ2n) is 9.46. The fourth-order valence-corrected chi connectivity index (χ4v) is 4.76. The lowest BCUT2D eigenvalue weighted by atomic mass is 9.85. The zero-order valence-corrected chi connectivity index (χ0v) is 20.1. The first kappa shape index (κ1) is 21.4. The predicted molar refractivity (Wildman–Crippen MR) is 140 cm³/mol. The van der Waals surface area contributed by atoms with Crippen molar-refractivity contribution in [1.29, 1.82) is 0 Å². The molecule has 1 saturated carbocycles. The van der Waals surface area contributed by atoms with Crippen LogP contribution < -0.4 is 5.32 Å². The summed E-state index contributed by atoms with van der Waals surface area (Å²) in [6.45, 7) is 1.96. The largest absolute Gasteiger partial charge is 0.338 e. The molecule has 7 rings (SSSR count).